The molecule has 21 heteroatoms. The molecule has 1 aliphatic heterocycles. The maximum absolute atomic E-state index is 12.9. The van der Waals surface area contributed by atoms with Gasteiger partial charge in [-0.05, 0) is 56.9 Å². The highest BCUT2D eigenvalue weighted by atomic mass is 31.3. The van der Waals surface area contributed by atoms with Crippen molar-refractivity contribution in [1.82, 2.24) is 9.55 Å². The third-order valence-corrected chi connectivity index (χ3v) is 14.7. The third kappa shape index (κ3) is 34.1. The predicted molar refractivity (Wildman–Crippen MR) is 294 cm³/mol. The number of nitrogens with zero attached hydrogens (tertiary/aromatic N) is 2. The van der Waals surface area contributed by atoms with Gasteiger partial charge in [0, 0.05) is 19.0 Å². The van der Waals surface area contributed by atoms with Gasteiger partial charge in [-0.2, -0.15) is 9.29 Å². The van der Waals surface area contributed by atoms with Crippen molar-refractivity contribution in [3.05, 3.63) is 95.7 Å². The molecule has 1 aliphatic rings. The summed E-state index contributed by atoms with van der Waals surface area (Å²) in [6.45, 7) is 4.15. The summed E-state index contributed by atoms with van der Waals surface area (Å²) in [5, 5.41) is 31.4. The van der Waals surface area contributed by atoms with Crippen LogP contribution in [0.1, 0.15) is 181 Å². The van der Waals surface area contributed by atoms with Crippen molar-refractivity contribution in [3.63, 3.8) is 0 Å². The van der Waals surface area contributed by atoms with E-state index in [1.807, 2.05) is 12.2 Å². The number of phosphoric ester groups is 2. The molecule has 7 N–H and O–H groups in total. The molecule has 76 heavy (non-hydrogen) atoms. The Hall–Kier alpha value is -3.84. The lowest BCUT2D eigenvalue weighted by molar-refractivity contribution is -0.161. The van der Waals surface area contributed by atoms with Crippen molar-refractivity contribution in [2.75, 3.05) is 25.6 Å². The summed E-state index contributed by atoms with van der Waals surface area (Å²) in [6, 6.07) is 1.24. The second kappa shape index (κ2) is 41.2. The molecular weight excluding hydrogens is 1020 g/mol. The van der Waals surface area contributed by atoms with E-state index >= 15 is 0 Å². The summed E-state index contributed by atoms with van der Waals surface area (Å²) in [5.74, 6) is -0.795. The number of nitrogens with two attached hydrogens (primary N) is 1. The minimum absolute atomic E-state index is 0.0519. The second-order valence-electron chi connectivity index (χ2n) is 19.4. The molecule has 0 spiro atoms. The van der Waals surface area contributed by atoms with Crippen LogP contribution in [-0.4, -0.2) is 96.9 Å². The van der Waals surface area contributed by atoms with Crippen molar-refractivity contribution < 1.29 is 71.4 Å². The van der Waals surface area contributed by atoms with E-state index in [2.05, 4.69) is 72.6 Å². The highest BCUT2D eigenvalue weighted by Crippen LogP contribution is 2.60. The number of aliphatic hydroxyl groups excluding tert-OH is 3. The standard InChI is InChI=1S/C55H91N3O16P2/c1-4-5-6-7-8-9-10-11-12-15-18-21-24-27-30-33-36-46(59)38-39-51(61)72-47(42-69-50(60)37-34-31-28-25-22-19-16-13-14-17-20-23-26-29-32-35-45(2)3)43-70-75(65,66)74-76(67,68)71-44-48-52(62)53(63)54(73-48)58-41-40-49(56)57-55(58)64/h5-6,8-9,11-12,18,21,27,30,33,36,40-41,45-48,52-54,59,62-63H,4,7,10,13-17,19-20,22-26,28-29,31-32,34-35,37-39,42-44H2,1-3H3,(H,65,66)(H,67,68)(H2,56,57,64)/b6-5-,9-8-,12-11-,21-18-,30-27-,36-33-/t46?,47-,48-,52-,53-,54-/m1/s1. The number of aliphatic hydroxyl groups is 3. The summed E-state index contributed by atoms with van der Waals surface area (Å²) < 4.78 is 56.7. The van der Waals surface area contributed by atoms with E-state index < -0.39 is 89.8 Å². The first kappa shape index (κ1) is 68.3. The molecule has 8 atom stereocenters. The normalized spacial score (nSPS) is 19.8. The van der Waals surface area contributed by atoms with Crippen LogP contribution in [0.4, 0.5) is 5.82 Å². The summed E-state index contributed by atoms with van der Waals surface area (Å²) in [6.07, 6.45) is 38.8. The van der Waals surface area contributed by atoms with Crippen LogP contribution in [0.15, 0.2) is 90.0 Å². The first-order valence-corrected chi connectivity index (χ1v) is 30.4. The zero-order chi connectivity index (χ0) is 55.9. The minimum Gasteiger partial charge on any atom is -0.462 e. The lowest BCUT2D eigenvalue weighted by atomic mass is 10.0. The van der Waals surface area contributed by atoms with Crippen LogP contribution in [-0.2, 0) is 46.3 Å². The lowest BCUT2D eigenvalue weighted by Crippen LogP contribution is -2.36. The van der Waals surface area contributed by atoms with Crippen LogP contribution >= 0.6 is 15.6 Å². The van der Waals surface area contributed by atoms with Crippen molar-refractivity contribution in [1.29, 1.82) is 0 Å². The van der Waals surface area contributed by atoms with Gasteiger partial charge in [0.15, 0.2) is 12.3 Å². The number of hydrogen-bond donors (Lipinski definition) is 6. The molecule has 2 heterocycles. The van der Waals surface area contributed by atoms with Gasteiger partial charge in [-0.25, -0.2) is 13.9 Å². The number of allylic oxidation sites excluding steroid dienone is 11. The Balaban J connectivity index is 1.84. The van der Waals surface area contributed by atoms with E-state index in [0.717, 1.165) is 68.0 Å². The van der Waals surface area contributed by atoms with Gasteiger partial charge in [0.1, 0.15) is 30.7 Å². The number of hydrogen-bond acceptors (Lipinski definition) is 16. The SMILES string of the molecule is CC/C=C\C/C=C\C/C=C\C/C=C\C/C=C\C=C/C(O)CCC(=O)O[C@H](COC(=O)CCCCCCCCCCCCCCCCCC(C)C)COP(=O)(O)OP(=O)(O)OC[C@H]1O[C@@H](n2ccc(N)nc2=O)[C@H](O)[C@@H]1O. The van der Waals surface area contributed by atoms with E-state index in [0.29, 0.717) is 12.8 Å². The van der Waals surface area contributed by atoms with E-state index in [-0.39, 0.29) is 25.1 Å². The van der Waals surface area contributed by atoms with Crippen LogP contribution in [0.3, 0.4) is 0 Å². The molecule has 0 aromatic carbocycles. The Bertz CT molecular complexity index is 2090. The maximum Gasteiger partial charge on any atom is 0.481 e. The predicted octanol–water partition coefficient (Wildman–Crippen LogP) is 10.9. The van der Waals surface area contributed by atoms with Gasteiger partial charge in [-0.1, -0.05) is 190 Å². The molecule has 1 fully saturated rings. The van der Waals surface area contributed by atoms with Gasteiger partial charge >= 0.3 is 33.3 Å². The Morgan fingerprint density at radius 2 is 1.24 bits per heavy atom. The minimum atomic E-state index is -5.49. The Kier molecular flexibility index (Phi) is 37.0. The molecule has 1 aromatic rings. The van der Waals surface area contributed by atoms with Gasteiger partial charge in [0.2, 0.25) is 0 Å². The molecule has 3 unspecified atom stereocenters. The van der Waals surface area contributed by atoms with Crippen molar-refractivity contribution >= 4 is 33.4 Å². The van der Waals surface area contributed by atoms with E-state index in [9.17, 15) is 48.6 Å². The molecule has 1 aromatic heterocycles. The number of aromatic nitrogens is 2. The number of phosphoric acid groups is 2. The quantitative estimate of drug-likeness (QED) is 0.0116. The molecule has 2 rings (SSSR count). The van der Waals surface area contributed by atoms with Crippen LogP contribution in [0.5, 0.6) is 0 Å². The number of carbonyl (C=O) groups is 2. The molecule has 0 radical (unpaired) electrons. The van der Waals surface area contributed by atoms with E-state index in [1.165, 1.54) is 82.8 Å². The van der Waals surface area contributed by atoms with E-state index in [4.69, 9.17) is 29.0 Å². The lowest BCUT2D eigenvalue weighted by Gasteiger charge is -2.21. The summed E-state index contributed by atoms with van der Waals surface area (Å²) in [5.41, 5.74) is 4.57. The largest absolute Gasteiger partial charge is 0.481 e. The van der Waals surface area contributed by atoms with Crippen molar-refractivity contribution in [2.24, 2.45) is 5.92 Å². The molecule has 432 valence electrons. The van der Waals surface area contributed by atoms with Gasteiger partial charge in [-0.3, -0.25) is 23.2 Å². The third-order valence-electron chi connectivity index (χ3n) is 12.1. The molecule has 19 nitrogen and oxygen atoms in total. The average molecular weight is 1110 g/mol. The van der Waals surface area contributed by atoms with Crippen molar-refractivity contribution in [2.45, 2.75) is 212 Å². The highest BCUT2D eigenvalue weighted by molar-refractivity contribution is 7.61. The number of ether oxygens (including phenoxy) is 3. The fraction of sp³-hybridized carbons (Fsp3) is 0.673. The monoisotopic (exact) mass is 1110 g/mol. The molecule has 0 bridgehead atoms. The number of rotatable bonds is 44. The average Bonchev–Trinajstić information content (AvgIpc) is 3.65. The zero-order valence-corrected chi connectivity index (χ0v) is 47.1. The van der Waals surface area contributed by atoms with Gasteiger partial charge in [0.05, 0.1) is 19.3 Å². The summed E-state index contributed by atoms with van der Waals surface area (Å²) in [4.78, 5) is 62.1. The van der Waals surface area contributed by atoms with Crippen LogP contribution in [0, 0.1) is 5.92 Å². The first-order valence-electron chi connectivity index (χ1n) is 27.4. The highest BCUT2D eigenvalue weighted by Gasteiger charge is 2.46. The Morgan fingerprint density at radius 3 is 1.79 bits per heavy atom. The van der Waals surface area contributed by atoms with Crippen LogP contribution in [0.25, 0.3) is 0 Å². The topological polar surface area (TPSA) is 286 Å². The molecular formula is C55H91N3O16P2. The molecule has 0 amide bonds. The zero-order valence-electron chi connectivity index (χ0n) is 45.3. The number of nitrogen functional groups attached to an aromatic ring is 1. The smallest absolute Gasteiger partial charge is 0.462 e. The number of unbranched alkanes of at least 4 members (excludes halogenated alkanes) is 14. The number of esters is 2. The van der Waals surface area contributed by atoms with Gasteiger partial charge in [0.25, 0.3) is 0 Å². The van der Waals surface area contributed by atoms with Crippen molar-refractivity contribution in [3.8, 4) is 0 Å². The number of anilines is 1. The van der Waals surface area contributed by atoms with Crippen LogP contribution in [0.2, 0.25) is 0 Å². The first-order chi connectivity index (χ1) is 36.4. The number of carbonyl (C=O) groups excluding carboxylic acids is 2. The van der Waals surface area contributed by atoms with Gasteiger partial charge in [-0.15, -0.1) is 0 Å². The summed E-state index contributed by atoms with van der Waals surface area (Å²) >= 11 is 0. The fourth-order valence-electron chi connectivity index (χ4n) is 7.84. The van der Waals surface area contributed by atoms with E-state index in [1.54, 1.807) is 12.2 Å². The molecule has 0 aliphatic carbocycles. The molecule has 1 saturated heterocycles. The maximum atomic E-state index is 12.9. The van der Waals surface area contributed by atoms with Crippen LogP contribution < -0.4 is 11.4 Å². The molecule has 0 saturated carbocycles. The Morgan fingerprint density at radius 1 is 0.711 bits per heavy atom. The fourth-order valence-corrected chi connectivity index (χ4v) is 9.95. The van der Waals surface area contributed by atoms with Gasteiger partial charge < -0.3 is 45.1 Å². The summed E-state index contributed by atoms with van der Waals surface area (Å²) in [7, 11) is -11.0. The second-order valence-corrected chi connectivity index (χ2v) is 22.4. The Labute approximate surface area is 451 Å².